The second-order valence-electron chi connectivity index (χ2n) is 4.20. The molecule has 0 unspecified atom stereocenters. The SMILES string of the molecule is c1cc2cc(C3CCNCC3)ncc2[nH]1. The Balaban J connectivity index is 1.95. The van der Waals surface area contributed by atoms with Gasteiger partial charge in [-0.2, -0.15) is 0 Å². The third-order valence-electron chi connectivity index (χ3n) is 3.22. The molecule has 15 heavy (non-hydrogen) atoms. The van der Waals surface area contributed by atoms with Crippen LogP contribution in [0.5, 0.6) is 0 Å². The molecule has 1 aliphatic rings. The van der Waals surface area contributed by atoms with Gasteiger partial charge in [-0.1, -0.05) is 0 Å². The highest BCUT2D eigenvalue weighted by atomic mass is 14.9. The number of nitrogens with one attached hydrogen (secondary N) is 2. The number of aromatic nitrogens is 2. The Bertz CT molecular complexity index is 455. The number of piperidine rings is 1. The van der Waals surface area contributed by atoms with E-state index in [1.807, 2.05) is 12.4 Å². The molecule has 3 heterocycles. The third-order valence-corrected chi connectivity index (χ3v) is 3.22. The van der Waals surface area contributed by atoms with Crippen molar-refractivity contribution in [2.45, 2.75) is 18.8 Å². The zero-order chi connectivity index (χ0) is 10.1. The largest absolute Gasteiger partial charge is 0.360 e. The molecule has 0 radical (unpaired) electrons. The Labute approximate surface area is 88.9 Å². The van der Waals surface area contributed by atoms with Gasteiger partial charge in [-0.25, -0.2) is 0 Å². The molecule has 1 fully saturated rings. The predicted molar refractivity (Wildman–Crippen MR) is 60.9 cm³/mol. The summed E-state index contributed by atoms with van der Waals surface area (Å²) in [6.07, 6.45) is 6.34. The maximum absolute atomic E-state index is 4.54. The normalized spacial score (nSPS) is 18.4. The second-order valence-corrected chi connectivity index (χ2v) is 4.20. The lowest BCUT2D eigenvalue weighted by atomic mass is 9.94. The smallest absolute Gasteiger partial charge is 0.0640 e. The maximum atomic E-state index is 4.54. The first-order valence-electron chi connectivity index (χ1n) is 5.57. The van der Waals surface area contributed by atoms with Crippen LogP contribution in [0.15, 0.2) is 24.5 Å². The van der Waals surface area contributed by atoms with Crippen LogP contribution in [0.3, 0.4) is 0 Å². The third kappa shape index (κ3) is 1.63. The molecule has 2 aromatic rings. The van der Waals surface area contributed by atoms with Crippen molar-refractivity contribution in [1.29, 1.82) is 0 Å². The van der Waals surface area contributed by atoms with E-state index in [0.717, 1.165) is 18.6 Å². The van der Waals surface area contributed by atoms with Crippen molar-refractivity contribution >= 4 is 10.9 Å². The van der Waals surface area contributed by atoms with E-state index < -0.39 is 0 Å². The first-order chi connectivity index (χ1) is 7.43. The van der Waals surface area contributed by atoms with Crippen LogP contribution in [-0.4, -0.2) is 23.1 Å². The molecule has 78 valence electrons. The van der Waals surface area contributed by atoms with Crippen molar-refractivity contribution in [1.82, 2.24) is 15.3 Å². The van der Waals surface area contributed by atoms with Gasteiger partial charge in [0.2, 0.25) is 0 Å². The molecular weight excluding hydrogens is 186 g/mol. The monoisotopic (exact) mass is 201 g/mol. The molecule has 1 aliphatic heterocycles. The van der Waals surface area contributed by atoms with Crippen LogP contribution in [0.25, 0.3) is 10.9 Å². The first kappa shape index (κ1) is 8.92. The number of nitrogens with zero attached hydrogens (tertiary/aromatic N) is 1. The number of pyridine rings is 1. The van der Waals surface area contributed by atoms with Gasteiger partial charge in [0, 0.05) is 23.2 Å². The standard InChI is InChI=1S/C12H15N3/c1-4-13-5-2-9(1)11-7-10-3-6-14-12(10)8-15-11/h3,6-9,13-14H,1-2,4-5H2. The molecular formula is C12H15N3. The van der Waals surface area contributed by atoms with Gasteiger partial charge >= 0.3 is 0 Å². The number of hydrogen-bond acceptors (Lipinski definition) is 2. The van der Waals surface area contributed by atoms with E-state index in [1.165, 1.54) is 23.9 Å². The lowest BCUT2D eigenvalue weighted by Gasteiger charge is -2.21. The van der Waals surface area contributed by atoms with Gasteiger partial charge in [0.1, 0.15) is 0 Å². The molecule has 0 spiro atoms. The van der Waals surface area contributed by atoms with Gasteiger partial charge in [-0.3, -0.25) is 4.98 Å². The topological polar surface area (TPSA) is 40.7 Å². The molecule has 0 amide bonds. The summed E-state index contributed by atoms with van der Waals surface area (Å²) in [6.45, 7) is 2.25. The average molecular weight is 201 g/mol. The van der Waals surface area contributed by atoms with E-state index in [1.54, 1.807) is 0 Å². The lowest BCUT2D eigenvalue weighted by molar-refractivity contribution is 0.453. The molecule has 0 aliphatic carbocycles. The molecule has 0 atom stereocenters. The highest BCUT2D eigenvalue weighted by Crippen LogP contribution is 2.25. The van der Waals surface area contributed by atoms with Crippen molar-refractivity contribution in [2.24, 2.45) is 0 Å². The van der Waals surface area contributed by atoms with E-state index in [9.17, 15) is 0 Å². The van der Waals surface area contributed by atoms with Gasteiger partial charge in [0.05, 0.1) is 11.7 Å². The number of fused-ring (bicyclic) bond motifs is 1. The van der Waals surface area contributed by atoms with Crippen LogP contribution in [0.1, 0.15) is 24.5 Å². The number of aromatic amines is 1. The Kier molecular flexibility index (Phi) is 2.18. The minimum atomic E-state index is 0.644. The van der Waals surface area contributed by atoms with Crippen molar-refractivity contribution in [3.63, 3.8) is 0 Å². The molecule has 0 aromatic carbocycles. The summed E-state index contributed by atoms with van der Waals surface area (Å²) in [5.41, 5.74) is 2.39. The van der Waals surface area contributed by atoms with Crippen LogP contribution >= 0.6 is 0 Å². The summed E-state index contributed by atoms with van der Waals surface area (Å²) < 4.78 is 0. The van der Waals surface area contributed by atoms with Crippen LogP contribution in [-0.2, 0) is 0 Å². The van der Waals surface area contributed by atoms with E-state index >= 15 is 0 Å². The molecule has 2 aromatic heterocycles. The molecule has 0 bridgehead atoms. The molecule has 3 rings (SSSR count). The Morgan fingerprint density at radius 2 is 2.13 bits per heavy atom. The molecule has 3 nitrogen and oxygen atoms in total. The minimum Gasteiger partial charge on any atom is -0.360 e. The summed E-state index contributed by atoms with van der Waals surface area (Å²) in [4.78, 5) is 7.72. The fourth-order valence-corrected chi connectivity index (χ4v) is 2.31. The van der Waals surface area contributed by atoms with Crippen molar-refractivity contribution in [3.8, 4) is 0 Å². The lowest BCUT2D eigenvalue weighted by Crippen LogP contribution is -2.26. The number of H-pyrrole nitrogens is 1. The summed E-state index contributed by atoms with van der Waals surface area (Å²) in [5.74, 6) is 0.644. The number of hydrogen-bond donors (Lipinski definition) is 2. The van der Waals surface area contributed by atoms with Crippen LogP contribution in [0, 0.1) is 0 Å². The van der Waals surface area contributed by atoms with Gasteiger partial charge in [0.15, 0.2) is 0 Å². The molecule has 1 saturated heterocycles. The zero-order valence-electron chi connectivity index (χ0n) is 8.66. The minimum absolute atomic E-state index is 0.644. The first-order valence-corrected chi connectivity index (χ1v) is 5.57. The quantitative estimate of drug-likeness (QED) is 0.741. The molecule has 0 saturated carbocycles. The van der Waals surface area contributed by atoms with Crippen LogP contribution < -0.4 is 5.32 Å². The fraction of sp³-hybridized carbons (Fsp3) is 0.417. The van der Waals surface area contributed by atoms with E-state index in [4.69, 9.17) is 0 Å². The van der Waals surface area contributed by atoms with Crippen molar-refractivity contribution in [2.75, 3.05) is 13.1 Å². The van der Waals surface area contributed by atoms with Crippen LogP contribution in [0.2, 0.25) is 0 Å². The van der Waals surface area contributed by atoms with Gasteiger partial charge in [0.25, 0.3) is 0 Å². The van der Waals surface area contributed by atoms with E-state index in [-0.39, 0.29) is 0 Å². The van der Waals surface area contributed by atoms with Crippen LogP contribution in [0.4, 0.5) is 0 Å². The van der Waals surface area contributed by atoms with Gasteiger partial charge in [-0.15, -0.1) is 0 Å². The molecule has 3 heteroatoms. The summed E-state index contributed by atoms with van der Waals surface area (Å²) in [7, 11) is 0. The number of rotatable bonds is 1. The summed E-state index contributed by atoms with van der Waals surface area (Å²) in [6, 6.07) is 4.34. The Morgan fingerprint density at radius 3 is 3.00 bits per heavy atom. The fourth-order valence-electron chi connectivity index (χ4n) is 2.31. The Morgan fingerprint density at radius 1 is 1.27 bits per heavy atom. The average Bonchev–Trinajstić information content (AvgIpc) is 2.77. The highest BCUT2D eigenvalue weighted by Gasteiger charge is 2.16. The van der Waals surface area contributed by atoms with E-state index in [0.29, 0.717) is 5.92 Å². The molecule has 2 N–H and O–H groups in total. The van der Waals surface area contributed by atoms with Crippen molar-refractivity contribution in [3.05, 3.63) is 30.2 Å². The second kappa shape index (κ2) is 3.66. The summed E-state index contributed by atoms with van der Waals surface area (Å²) in [5, 5.41) is 4.66. The maximum Gasteiger partial charge on any atom is 0.0640 e. The highest BCUT2D eigenvalue weighted by molar-refractivity contribution is 5.78. The van der Waals surface area contributed by atoms with Gasteiger partial charge in [-0.05, 0) is 38.1 Å². The predicted octanol–water partition coefficient (Wildman–Crippen LogP) is 2.03. The van der Waals surface area contributed by atoms with Gasteiger partial charge < -0.3 is 10.3 Å². The van der Waals surface area contributed by atoms with Crippen molar-refractivity contribution < 1.29 is 0 Å². The van der Waals surface area contributed by atoms with E-state index in [2.05, 4.69) is 27.4 Å². The Hall–Kier alpha value is -1.35. The zero-order valence-corrected chi connectivity index (χ0v) is 8.66. The summed E-state index contributed by atoms with van der Waals surface area (Å²) >= 11 is 0.